The molecule has 2 unspecified atom stereocenters. The highest BCUT2D eigenvalue weighted by Crippen LogP contribution is 2.30. The molecule has 2 fully saturated rings. The van der Waals surface area contributed by atoms with Gasteiger partial charge in [-0.3, -0.25) is 0 Å². The largest absolute Gasteiger partial charge is 0.392 e. The van der Waals surface area contributed by atoms with Gasteiger partial charge < -0.3 is 10.4 Å². The Labute approximate surface area is 106 Å². The summed E-state index contributed by atoms with van der Waals surface area (Å²) in [6.45, 7) is 3.50. The summed E-state index contributed by atoms with van der Waals surface area (Å²) < 4.78 is 0. The van der Waals surface area contributed by atoms with E-state index < -0.39 is 0 Å². The summed E-state index contributed by atoms with van der Waals surface area (Å²) in [6, 6.07) is 0.379. The first kappa shape index (κ1) is 13.4. The van der Waals surface area contributed by atoms with Gasteiger partial charge in [-0.1, -0.05) is 39.0 Å². The third-order valence-electron chi connectivity index (χ3n) is 4.73. The van der Waals surface area contributed by atoms with Crippen molar-refractivity contribution >= 4 is 0 Å². The third kappa shape index (κ3) is 4.26. The molecule has 2 N–H and O–H groups in total. The number of rotatable bonds is 4. The number of hydrogen-bond acceptors (Lipinski definition) is 2. The normalized spacial score (nSPS) is 39.2. The molecule has 2 aliphatic rings. The Hall–Kier alpha value is -0.0800. The second-order valence-corrected chi connectivity index (χ2v) is 6.34. The summed E-state index contributed by atoms with van der Waals surface area (Å²) >= 11 is 0. The van der Waals surface area contributed by atoms with Crippen LogP contribution < -0.4 is 5.32 Å². The minimum Gasteiger partial charge on any atom is -0.392 e. The van der Waals surface area contributed by atoms with Crippen LogP contribution in [0.3, 0.4) is 0 Å². The first-order chi connectivity index (χ1) is 8.25. The Morgan fingerprint density at radius 3 is 2.65 bits per heavy atom. The zero-order valence-corrected chi connectivity index (χ0v) is 11.3. The summed E-state index contributed by atoms with van der Waals surface area (Å²) in [5.74, 6) is 1.88. The molecule has 0 spiro atoms. The highest BCUT2D eigenvalue weighted by molar-refractivity contribution is 4.81. The van der Waals surface area contributed by atoms with E-state index in [0.717, 1.165) is 24.8 Å². The SMILES string of the molecule is CC1CCCC(CCN[C@H]2CCCC[C@@H]2O)C1. The number of nitrogens with one attached hydrogen (secondary N) is 1. The molecule has 0 saturated heterocycles. The van der Waals surface area contributed by atoms with Crippen LogP contribution in [0.5, 0.6) is 0 Å². The Morgan fingerprint density at radius 2 is 1.88 bits per heavy atom. The van der Waals surface area contributed by atoms with E-state index in [0.29, 0.717) is 6.04 Å². The molecule has 0 aromatic rings. The maximum absolute atomic E-state index is 9.89. The Bertz CT molecular complexity index is 219. The fourth-order valence-corrected chi connectivity index (χ4v) is 3.64. The van der Waals surface area contributed by atoms with Crippen LogP contribution in [-0.4, -0.2) is 23.8 Å². The van der Waals surface area contributed by atoms with E-state index in [2.05, 4.69) is 12.2 Å². The van der Waals surface area contributed by atoms with Crippen molar-refractivity contribution in [3.05, 3.63) is 0 Å². The second kappa shape index (κ2) is 6.75. The maximum atomic E-state index is 9.89. The molecular formula is C15H29NO. The van der Waals surface area contributed by atoms with Crippen molar-refractivity contribution in [1.29, 1.82) is 0 Å². The van der Waals surface area contributed by atoms with Crippen molar-refractivity contribution in [2.45, 2.75) is 76.9 Å². The van der Waals surface area contributed by atoms with Gasteiger partial charge in [0.15, 0.2) is 0 Å². The summed E-state index contributed by atoms with van der Waals surface area (Å²) in [7, 11) is 0. The van der Waals surface area contributed by atoms with E-state index in [1.165, 1.54) is 51.4 Å². The Balaban J connectivity index is 1.61. The smallest absolute Gasteiger partial charge is 0.0693 e. The minimum atomic E-state index is -0.0889. The topological polar surface area (TPSA) is 32.3 Å². The lowest BCUT2D eigenvalue weighted by molar-refractivity contribution is 0.0896. The van der Waals surface area contributed by atoms with Gasteiger partial charge in [0, 0.05) is 6.04 Å². The lowest BCUT2D eigenvalue weighted by Gasteiger charge is -2.30. The molecule has 0 bridgehead atoms. The standard InChI is InChI=1S/C15H29NO/c1-12-5-4-6-13(11-12)9-10-16-14-7-2-3-8-15(14)17/h12-17H,2-11H2,1H3/t12?,13?,14-,15-/m0/s1. The predicted molar refractivity (Wildman–Crippen MR) is 72.0 cm³/mol. The quantitative estimate of drug-likeness (QED) is 0.790. The molecule has 2 nitrogen and oxygen atoms in total. The first-order valence-electron chi connectivity index (χ1n) is 7.67. The molecule has 4 atom stereocenters. The molecule has 0 aromatic carbocycles. The van der Waals surface area contributed by atoms with Crippen molar-refractivity contribution in [3.63, 3.8) is 0 Å². The summed E-state index contributed by atoms with van der Waals surface area (Å²) in [4.78, 5) is 0. The van der Waals surface area contributed by atoms with Gasteiger partial charge in [0.2, 0.25) is 0 Å². The van der Waals surface area contributed by atoms with E-state index in [-0.39, 0.29) is 6.10 Å². The first-order valence-corrected chi connectivity index (χ1v) is 7.67. The average molecular weight is 239 g/mol. The molecule has 0 aromatic heterocycles. The highest BCUT2D eigenvalue weighted by Gasteiger charge is 2.23. The van der Waals surface area contributed by atoms with Crippen LogP contribution in [0.2, 0.25) is 0 Å². The molecule has 0 heterocycles. The van der Waals surface area contributed by atoms with Crippen molar-refractivity contribution in [1.82, 2.24) is 5.32 Å². The average Bonchev–Trinajstić information content (AvgIpc) is 2.32. The van der Waals surface area contributed by atoms with E-state index in [1.54, 1.807) is 0 Å². The molecule has 100 valence electrons. The molecule has 0 radical (unpaired) electrons. The molecule has 2 heteroatoms. The van der Waals surface area contributed by atoms with Crippen molar-refractivity contribution in [2.75, 3.05) is 6.54 Å². The lowest BCUT2D eigenvalue weighted by atomic mass is 9.81. The molecular weight excluding hydrogens is 210 g/mol. The van der Waals surface area contributed by atoms with Crippen LogP contribution in [0.1, 0.15) is 64.7 Å². The molecule has 2 saturated carbocycles. The number of aliphatic hydroxyl groups excluding tert-OH is 1. The Morgan fingerprint density at radius 1 is 1.06 bits per heavy atom. The van der Waals surface area contributed by atoms with Crippen molar-refractivity contribution in [2.24, 2.45) is 11.8 Å². The second-order valence-electron chi connectivity index (χ2n) is 6.34. The van der Waals surface area contributed by atoms with Crippen LogP contribution in [-0.2, 0) is 0 Å². The summed E-state index contributed by atoms with van der Waals surface area (Å²) in [5, 5.41) is 13.5. The van der Waals surface area contributed by atoms with Gasteiger partial charge in [-0.2, -0.15) is 0 Å². The molecule has 0 aliphatic heterocycles. The van der Waals surface area contributed by atoms with Crippen LogP contribution in [0, 0.1) is 11.8 Å². The minimum absolute atomic E-state index is 0.0889. The van der Waals surface area contributed by atoms with Crippen molar-refractivity contribution < 1.29 is 5.11 Å². The number of aliphatic hydroxyl groups is 1. The zero-order chi connectivity index (χ0) is 12.1. The van der Waals surface area contributed by atoms with E-state index >= 15 is 0 Å². The van der Waals surface area contributed by atoms with Crippen LogP contribution in [0.15, 0.2) is 0 Å². The van der Waals surface area contributed by atoms with Crippen LogP contribution >= 0.6 is 0 Å². The van der Waals surface area contributed by atoms with E-state index in [1.807, 2.05) is 0 Å². The fraction of sp³-hybridized carbons (Fsp3) is 1.00. The van der Waals surface area contributed by atoms with Gasteiger partial charge in [-0.25, -0.2) is 0 Å². The molecule has 2 rings (SSSR count). The van der Waals surface area contributed by atoms with E-state index in [4.69, 9.17) is 0 Å². The number of hydrogen-bond donors (Lipinski definition) is 2. The van der Waals surface area contributed by atoms with Gasteiger partial charge in [0.25, 0.3) is 0 Å². The fourth-order valence-electron chi connectivity index (χ4n) is 3.64. The lowest BCUT2D eigenvalue weighted by Crippen LogP contribution is -2.42. The summed E-state index contributed by atoms with van der Waals surface area (Å²) in [5.41, 5.74) is 0. The van der Waals surface area contributed by atoms with Crippen LogP contribution in [0.4, 0.5) is 0 Å². The Kier molecular flexibility index (Phi) is 5.30. The van der Waals surface area contributed by atoms with Gasteiger partial charge >= 0.3 is 0 Å². The third-order valence-corrected chi connectivity index (χ3v) is 4.73. The van der Waals surface area contributed by atoms with Crippen molar-refractivity contribution in [3.8, 4) is 0 Å². The monoisotopic (exact) mass is 239 g/mol. The van der Waals surface area contributed by atoms with Gasteiger partial charge in [-0.15, -0.1) is 0 Å². The van der Waals surface area contributed by atoms with Gasteiger partial charge in [-0.05, 0) is 44.1 Å². The zero-order valence-electron chi connectivity index (χ0n) is 11.3. The predicted octanol–water partition coefficient (Wildman–Crippen LogP) is 3.10. The van der Waals surface area contributed by atoms with Gasteiger partial charge in [0.1, 0.15) is 0 Å². The molecule has 0 amide bonds. The van der Waals surface area contributed by atoms with Crippen LogP contribution in [0.25, 0.3) is 0 Å². The molecule has 2 aliphatic carbocycles. The molecule has 17 heavy (non-hydrogen) atoms. The van der Waals surface area contributed by atoms with E-state index in [9.17, 15) is 5.11 Å². The van der Waals surface area contributed by atoms with Gasteiger partial charge in [0.05, 0.1) is 6.10 Å². The maximum Gasteiger partial charge on any atom is 0.0693 e. The summed E-state index contributed by atoms with van der Waals surface area (Å²) in [6.07, 6.45) is 11.6. The highest BCUT2D eigenvalue weighted by atomic mass is 16.3.